The second-order valence-corrected chi connectivity index (χ2v) is 7.78. The molecule has 0 radical (unpaired) electrons. The number of aryl methyl sites for hydroxylation is 1. The molecule has 0 heterocycles. The van der Waals surface area contributed by atoms with E-state index in [1.807, 2.05) is 37.3 Å². The van der Waals surface area contributed by atoms with Gasteiger partial charge < -0.3 is 4.74 Å². The molecular weight excluding hydrogens is 360 g/mol. The van der Waals surface area contributed by atoms with Gasteiger partial charge in [0.25, 0.3) is 0 Å². The summed E-state index contributed by atoms with van der Waals surface area (Å²) in [6, 6.07) is 13.4. The van der Waals surface area contributed by atoms with Crippen LogP contribution in [0.3, 0.4) is 0 Å². The van der Waals surface area contributed by atoms with E-state index in [4.69, 9.17) is 21.6 Å². The van der Waals surface area contributed by atoms with Gasteiger partial charge in [-0.2, -0.15) is 5.26 Å². The lowest BCUT2D eigenvalue weighted by Gasteiger charge is -2.15. The predicted octanol–water partition coefficient (Wildman–Crippen LogP) is 3.52. The highest BCUT2D eigenvalue weighted by Gasteiger charge is 2.18. The van der Waals surface area contributed by atoms with Crippen molar-refractivity contribution in [3.63, 3.8) is 0 Å². The number of halogens is 1. The molecule has 2 aromatic rings. The summed E-state index contributed by atoms with van der Waals surface area (Å²) < 4.78 is 32.6. The maximum absolute atomic E-state index is 12.4. The maximum Gasteiger partial charge on any atom is 0.240 e. The summed E-state index contributed by atoms with van der Waals surface area (Å²) in [5.74, 6) is 0.786. The second kappa shape index (κ2) is 8.34. The Hall–Kier alpha value is -2.07. The molecule has 25 heavy (non-hydrogen) atoms. The molecule has 132 valence electrons. The van der Waals surface area contributed by atoms with Crippen LogP contribution in [0.15, 0.2) is 47.4 Å². The number of rotatable bonds is 7. The van der Waals surface area contributed by atoms with Crippen LogP contribution < -0.4 is 9.46 Å². The number of ether oxygens (including phenoxy) is 1. The minimum atomic E-state index is -3.70. The highest BCUT2D eigenvalue weighted by Crippen LogP contribution is 2.20. The van der Waals surface area contributed by atoms with Crippen LogP contribution in [-0.2, 0) is 16.4 Å². The van der Waals surface area contributed by atoms with Crippen molar-refractivity contribution in [2.24, 2.45) is 0 Å². The summed E-state index contributed by atoms with van der Waals surface area (Å²) in [4.78, 5) is 0.0322. The summed E-state index contributed by atoms with van der Waals surface area (Å²) >= 11 is 5.84. The van der Waals surface area contributed by atoms with Gasteiger partial charge in [-0.3, -0.25) is 0 Å². The fraction of sp³-hybridized carbons (Fsp3) is 0.278. The van der Waals surface area contributed by atoms with Crippen LogP contribution in [0.1, 0.15) is 24.5 Å². The highest BCUT2D eigenvalue weighted by molar-refractivity contribution is 7.89. The molecule has 0 fully saturated rings. The number of hydrogen-bond donors (Lipinski definition) is 1. The van der Waals surface area contributed by atoms with E-state index in [2.05, 4.69) is 4.72 Å². The Morgan fingerprint density at radius 2 is 1.92 bits per heavy atom. The topological polar surface area (TPSA) is 79.2 Å². The lowest BCUT2D eigenvalue weighted by molar-refractivity contribution is 0.414. The summed E-state index contributed by atoms with van der Waals surface area (Å²) in [5, 5.41) is 9.21. The molecule has 0 amide bonds. The van der Waals surface area contributed by atoms with Gasteiger partial charge >= 0.3 is 0 Å². The van der Waals surface area contributed by atoms with Gasteiger partial charge in [0, 0.05) is 6.04 Å². The molecule has 0 bridgehead atoms. The van der Waals surface area contributed by atoms with Gasteiger partial charge in [0.15, 0.2) is 0 Å². The van der Waals surface area contributed by atoms with E-state index in [0.717, 1.165) is 17.7 Å². The molecule has 5 nitrogen and oxygen atoms in total. The van der Waals surface area contributed by atoms with Crippen LogP contribution in [0.2, 0.25) is 5.02 Å². The lowest BCUT2D eigenvalue weighted by Crippen LogP contribution is -2.33. The molecule has 0 spiro atoms. The Labute approximate surface area is 153 Å². The van der Waals surface area contributed by atoms with Gasteiger partial charge in [-0.15, -0.1) is 0 Å². The predicted molar refractivity (Wildman–Crippen MR) is 97.3 cm³/mol. The van der Waals surface area contributed by atoms with E-state index in [0.29, 0.717) is 6.42 Å². The first-order chi connectivity index (χ1) is 11.9. The van der Waals surface area contributed by atoms with Crippen LogP contribution in [0, 0.1) is 11.3 Å². The van der Waals surface area contributed by atoms with Crippen molar-refractivity contribution in [2.75, 3.05) is 7.11 Å². The smallest absolute Gasteiger partial charge is 0.240 e. The van der Waals surface area contributed by atoms with Crippen LogP contribution in [0.5, 0.6) is 5.75 Å². The van der Waals surface area contributed by atoms with Gasteiger partial charge in [0.2, 0.25) is 10.0 Å². The van der Waals surface area contributed by atoms with Crippen molar-refractivity contribution < 1.29 is 13.2 Å². The molecule has 7 heteroatoms. The average Bonchev–Trinajstić information content (AvgIpc) is 2.60. The summed E-state index contributed by atoms with van der Waals surface area (Å²) in [6.45, 7) is 1.81. The van der Waals surface area contributed by atoms with Gasteiger partial charge in [-0.1, -0.05) is 23.7 Å². The minimum absolute atomic E-state index is 0.0322. The monoisotopic (exact) mass is 378 g/mol. The highest BCUT2D eigenvalue weighted by atomic mass is 35.5. The zero-order chi connectivity index (χ0) is 18.4. The third kappa shape index (κ3) is 5.20. The van der Waals surface area contributed by atoms with Crippen molar-refractivity contribution in [3.05, 3.63) is 58.6 Å². The maximum atomic E-state index is 12.4. The summed E-state index contributed by atoms with van der Waals surface area (Å²) in [6.07, 6.45) is 1.38. The van der Waals surface area contributed by atoms with E-state index in [1.165, 1.54) is 18.2 Å². The molecule has 1 unspecified atom stereocenters. The number of hydrogen-bond acceptors (Lipinski definition) is 4. The third-order valence-electron chi connectivity index (χ3n) is 3.75. The van der Waals surface area contributed by atoms with Crippen molar-refractivity contribution in [1.29, 1.82) is 5.26 Å². The Morgan fingerprint density at radius 1 is 1.24 bits per heavy atom. The van der Waals surface area contributed by atoms with Gasteiger partial charge in [-0.25, -0.2) is 13.1 Å². The first kappa shape index (κ1) is 19.3. The summed E-state index contributed by atoms with van der Waals surface area (Å²) in [5.41, 5.74) is 1.24. The van der Waals surface area contributed by atoms with Crippen LogP contribution >= 0.6 is 11.6 Å². The number of nitrogens with one attached hydrogen (secondary N) is 1. The molecule has 1 atom stereocenters. The van der Waals surface area contributed by atoms with Crippen molar-refractivity contribution in [2.45, 2.75) is 30.7 Å². The first-order valence-electron chi connectivity index (χ1n) is 7.70. The van der Waals surface area contributed by atoms with Crippen LogP contribution in [-0.4, -0.2) is 21.6 Å². The molecule has 0 aliphatic carbocycles. The Kier molecular flexibility index (Phi) is 6.43. The minimum Gasteiger partial charge on any atom is -0.497 e. The molecular formula is C18H19ClN2O3S. The van der Waals surface area contributed by atoms with Crippen molar-refractivity contribution >= 4 is 21.6 Å². The quantitative estimate of drug-likeness (QED) is 0.799. The Morgan fingerprint density at radius 3 is 2.52 bits per heavy atom. The largest absolute Gasteiger partial charge is 0.497 e. The normalized spacial score (nSPS) is 12.4. The van der Waals surface area contributed by atoms with Crippen LogP contribution in [0.4, 0.5) is 0 Å². The zero-order valence-corrected chi connectivity index (χ0v) is 15.6. The van der Waals surface area contributed by atoms with E-state index >= 15 is 0 Å². The molecule has 0 saturated carbocycles. The average molecular weight is 379 g/mol. The van der Waals surface area contributed by atoms with Crippen molar-refractivity contribution in [3.8, 4) is 11.8 Å². The van der Waals surface area contributed by atoms with E-state index in [1.54, 1.807) is 7.11 Å². The fourth-order valence-corrected chi connectivity index (χ4v) is 3.79. The van der Waals surface area contributed by atoms with Gasteiger partial charge in [0.1, 0.15) is 11.8 Å². The van der Waals surface area contributed by atoms with E-state index in [9.17, 15) is 8.42 Å². The Balaban J connectivity index is 2.00. The SMILES string of the molecule is COc1ccc(CCC(C)NS(=O)(=O)c2ccc(Cl)c(C#N)c2)cc1. The van der Waals surface area contributed by atoms with E-state index in [-0.39, 0.29) is 21.5 Å². The second-order valence-electron chi connectivity index (χ2n) is 5.66. The lowest BCUT2D eigenvalue weighted by atomic mass is 10.1. The summed E-state index contributed by atoms with van der Waals surface area (Å²) in [7, 11) is -2.09. The molecule has 2 aromatic carbocycles. The molecule has 0 aromatic heterocycles. The molecule has 1 N–H and O–H groups in total. The number of benzene rings is 2. The number of methoxy groups -OCH3 is 1. The van der Waals surface area contributed by atoms with Crippen molar-refractivity contribution in [1.82, 2.24) is 4.72 Å². The standard InChI is InChI=1S/C18H19ClN2O3S/c1-13(3-4-14-5-7-16(24-2)8-6-14)21-25(22,23)17-9-10-18(19)15(11-17)12-20/h5-11,13,21H,3-4H2,1-2H3. The van der Waals surface area contributed by atoms with Gasteiger partial charge in [0.05, 0.1) is 22.6 Å². The zero-order valence-electron chi connectivity index (χ0n) is 14.0. The van der Waals surface area contributed by atoms with Gasteiger partial charge in [-0.05, 0) is 55.7 Å². The third-order valence-corrected chi connectivity index (χ3v) is 5.67. The molecule has 0 aliphatic rings. The fourth-order valence-electron chi connectivity index (χ4n) is 2.32. The first-order valence-corrected chi connectivity index (χ1v) is 9.56. The number of nitrogens with zero attached hydrogens (tertiary/aromatic N) is 1. The van der Waals surface area contributed by atoms with Crippen LogP contribution in [0.25, 0.3) is 0 Å². The Bertz CT molecular complexity index is 874. The number of nitriles is 1. The number of sulfonamides is 1. The molecule has 0 aliphatic heterocycles. The molecule has 2 rings (SSSR count). The van der Waals surface area contributed by atoms with E-state index < -0.39 is 10.0 Å². The molecule has 0 saturated heterocycles.